The van der Waals surface area contributed by atoms with Crippen LogP contribution in [0.25, 0.3) is 10.9 Å². The summed E-state index contributed by atoms with van der Waals surface area (Å²) in [6.07, 6.45) is 1.61. The standard InChI is InChI=1S/C15H17NO4/c1-3-5-8-6-12(20)16-15-13(8)10(18)7-11(19)14(15)9(17)4-2/h6-7,18-19H,3-5H2,1-2H3,(H,16,20). The number of fused-ring (bicyclic) bond motifs is 1. The molecule has 0 aliphatic carbocycles. The lowest BCUT2D eigenvalue weighted by Gasteiger charge is -2.12. The number of aryl methyl sites for hydroxylation is 1. The number of carbonyl (C=O) groups excluding carboxylic acids is 1. The van der Waals surface area contributed by atoms with Crippen molar-refractivity contribution in [3.8, 4) is 11.5 Å². The monoisotopic (exact) mass is 275 g/mol. The van der Waals surface area contributed by atoms with Crippen molar-refractivity contribution in [3.05, 3.63) is 33.6 Å². The van der Waals surface area contributed by atoms with E-state index in [1.807, 2.05) is 6.92 Å². The number of H-pyrrole nitrogens is 1. The van der Waals surface area contributed by atoms with Gasteiger partial charge in [0, 0.05) is 23.9 Å². The number of phenolic OH excluding ortho intramolecular Hbond substituents is 2. The van der Waals surface area contributed by atoms with Crippen LogP contribution in [0.15, 0.2) is 16.9 Å². The molecule has 0 atom stereocenters. The van der Waals surface area contributed by atoms with Crippen LogP contribution in [0.2, 0.25) is 0 Å². The molecule has 0 saturated carbocycles. The van der Waals surface area contributed by atoms with Crippen LogP contribution in [-0.4, -0.2) is 21.0 Å². The number of pyridine rings is 1. The number of Topliss-reactive ketones (excluding diaryl/α,β-unsaturated/α-hetero) is 1. The number of ketones is 1. The van der Waals surface area contributed by atoms with Crippen molar-refractivity contribution < 1.29 is 15.0 Å². The van der Waals surface area contributed by atoms with Gasteiger partial charge in [-0.25, -0.2) is 0 Å². The fourth-order valence-electron chi connectivity index (χ4n) is 2.42. The Morgan fingerprint density at radius 1 is 1.20 bits per heavy atom. The van der Waals surface area contributed by atoms with Gasteiger partial charge in [0.15, 0.2) is 5.78 Å². The van der Waals surface area contributed by atoms with Gasteiger partial charge in [0.05, 0.1) is 11.1 Å². The zero-order chi connectivity index (χ0) is 14.9. The van der Waals surface area contributed by atoms with Crippen LogP contribution in [0.4, 0.5) is 0 Å². The summed E-state index contributed by atoms with van der Waals surface area (Å²) >= 11 is 0. The van der Waals surface area contributed by atoms with E-state index in [0.717, 1.165) is 12.5 Å². The van der Waals surface area contributed by atoms with Crippen molar-refractivity contribution in [3.63, 3.8) is 0 Å². The molecular weight excluding hydrogens is 258 g/mol. The Morgan fingerprint density at radius 2 is 1.90 bits per heavy atom. The number of nitrogens with one attached hydrogen (secondary N) is 1. The summed E-state index contributed by atoms with van der Waals surface area (Å²) in [5.74, 6) is -0.729. The molecule has 3 N–H and O–H groups in total. The number of phenols is 2. The second-order valence-electron chi connectivity index (χ2n) is 4.73. The van der Waals surface area contributed by atoms with Gasteiger partial charge >= 0.3 is 0 Å². The maximum absolute atomic E-state index is 12.0. The van der Waals surface area contributed by atoms with Gasteiger partial charge in [-0.2, -0.15) is 0 Å². The van der Waals surface area contributed by atoms with Gasteiger partial charge in [0.1, 0.15) is 11.5 Å². The van der Waals surface area contributed by atoms with Crippen molar-refractivity contribution in [1.82, 2.24) is 4.98 Å². The Morgan fingerprint density at radius 3 is 2.50 bits per heavy atom. The van der Waals surface area contributed by atoms with Gasteiger partial charge in [-0.1, -0.05) is 20.3 Å². The molecule has 20 heavy (non-hydrogen) atoms. The van der Waals surface area contributed by atoms with Crippen LogP contribution in [0.1, 0.15) is 42.6 Å². The fourth-order valence-corrected chi connectivity index (χ4v) is 2.42. The fraction of sp³-hybridized carbons (Fsp3) is 0.333. The number of aromatic amines is 1. The first kappa shape index (κ1) is 14.1. The highest BCUT2D eigenvalue weighted by Crippen LogP contribution is 2.35. The number of benzene rings is 1. The number of aromatic nitrogens is 1. The molecule has 0 bridgehead atoms. The average molecular weight is 275 g/mol. The highest BCUT2D eigenvalue weighted by Gasteiger charge is 2.19. The summed E-state index contributed by atoms with van der Waals surface area (Å²) < 4.78 is 0. The Kier molecular flexibility index (Phi) is 3.79. The first-order valence-electron chi connectivity index (χ1n) is 6.63. The normalized spacial score (nSPS) is 10.9. The van der Waals surface area contributed by atoms with Crippen molar-refractivity contribution >= 4 is 16.7 Å². The van der Waals surface area contributed by atoms with E-state index in [1.165, 1.54) is 6.07 Å². The number of carbonyl (C=O) groups is 1. The van der Waals surface area contributed by atoms with E-state index < -0.39 is 0 Å². The second-order valence-corrected chi connectivity index (χ2v) is 4.73. The molecule has 5 nitrogen and oxygen atoms in total. The van der Waals surface area contributed by atoms with Crippen LogP contribution in [0.3, 0.4) is 0 Å². The van der Waals surface area contributed by atoms with Gasteiger partial charge < -0.3 is 15.2 Å². The molecule has 0 unspecified atom stereocenters. The lowest BCUT2D eigenvalue weighted by Crippen LogP contribution is -2.10. The highest BCUT2D eigenvalue weighted by molar-refractivity contribution is 6.10. The molecule has 1 aromatic heterocycles. The maximum atomic E-state index is 12.0. The third kappa shape index (κ3) is 2.27. The molecular formula is C15H17NO4. The minimum atomic E-state index is -0.351. The van der Waals surface area contributed by atoms with E-state index in [4.69, 9.17) is 0 Å². The smallest absolute Gasteiger partial charge is 0.248 e. The Balaban J connectivity index is 2.95. The zero-order valence-corrected chi connectivity index (χ0v) is 11.5. The summed E-state index contributed by atoms with van der Waals surface area (Å²) in [5.41, 5.74) is 0.602. The van der Waals surface area contributed by atoms with Crippen molar-refractivity contribution in [2.24, 2.45) is 0 Å². The SMILES string of the molecule is CCCc1cc(=O)[nH]c2c(C(=O)CC)c(O)cc(O)c12. The molecule has 0 fully saturated rings. The lowest BCUT2D eigenvalue weighted by atomic mass is 9.97. The molecule has 1 aromatic carbocycles. The van der Waals surface area contributed by atoms with Crippen molar-refractivity contribution in [2.75, 3.05) is 0 Å². The van der Waals surface area contributed by atoms with Crippen molar-refractivity contribution in [1.29, 1.82) is 0 Å². The van der Waals surface area contributed by atoms with Gasteiger partial charge in [-0.05, 0) is 12.0 Å². The molecule has 5 heteroatoms. The third-order valence-electron chi connectivity index (χ3n) is 3.28. The lowest BCUT2D eigenvalue weighted by molar-refractivity contribution is 0.0987. The summed E-state index contributed by atoms with van der Waals surface area (Å²) in [6, 6.07) is 2.57. The van der Waals surface area contributed by atoms with Gasteiger partial charge in [0.25, 0.3) is 0 Å². The van der Waals surface area contributed by atoms with E-state index in [1.54, 1.807) is 6.92 Å². The van der Waals surface area contributed by atoms with Crippen LogP contribution in [0, 0.1) is 0 Å². The largest absolute Gasteiger partial charge is 0.507 e. The molecule has 0 radical (unpaired) electrons. The van der Waals surface area contributed by atoms with E-state index in [9.17, 15) is 19.8 Å². The molecule has 0 saturated heterocycles. The summed E-state index contributed by atoms with van der Waals surface area (Å²) in [4.78, 5) is 26.3. The van der Waals surface area contributed by atoms with Crippen LogP contribution in [0.5, 0.6) is 11.5 Å². The minimum absolute atomic E-state index is 0.0651. The third-order valence-corrected chi connectivity index (χ3v) is 3.28. The first-order chi connectivity index (χ1) is 9.49. The van der Waals surface area contributed by atoms with E-state index in [2.05, 4.69) is 4.98 Å². The van der Waals surface area contributed by atoms with Crippen molar-refractivity contribution in [2.45, 2.75) is 33.1 Å². The Bertz CT molecular complexity index is 731. The molecule has 0 spiro atoms. The molecule has 2 rings (SSSR count). The Hall–Kier alpha value is -2.30. The average Bonchev–Trinajstić information content (AvgIpc) is 2.37. The molecule has 0 amide bonds. The quantitative estimate of drug-likeness (QED) is 0.748. The summed E-state index contributed by atoms with van der Waals surface area (Å²) in [5, 5.41) is 20.4. The van der Waals surface area contributed by atoms with Gasteiger partial charge in [-0.3, -0.25) is 9.59 Å². The molecule has 0 aliphatic heterocycles. The van der Waals surface area contributed by atoms with Crippen LogP contribution >= 0.6 is 0 Å². The predicted octanol–water partition coefficient (Wildman–Crippen LogP) is 2.48. The minimum Gasteiger partial charge on any atom is -0.507 e. The topological polar surface area (TPSA) is 90.4 Å². The van der Waals surface area contributed by atoms with Crippen LogP contribution < -0.4 is 5.56 Å². The number of hydrogen-bond donors (Lipinski definition) is 3. The van der Waals surface area contributed by atoms with Gasteiger partial charge in [-0.15, -0.1) is 0 Å². The number of aromatic hydroxyl groups is 2. The predicted molar refractivity (Wildman–Crippen MR) is 76.5 cm³/mol. The molecule has 0 aliphatic rings. The molecule has 106 valence electrons. The molecule has 1 heterocycles. The number of hydrogen-bond acceptors (Lipinski definition) is 4. The van der Waals surface area contributed by atoms with E-state index >= 15 is 0 Å². The van der Waals surface area contributed by atoms with Crippen LogP contribution in [-0.2, 0) is 6.42 Å². The van der Waals surface area contributed by atoms with E-state index in [-0.39, 0.29) is 40.3 Å². The highest BCUT2D eigenvalue weighted by atomic mass is 16.3. The number of rotatable bonds is 4. The second kappa shape index (κ2) is 5.36. The summed E-state index contributed by atoms with van der Waals surface area (Å²) in [6.45, 7) is 3.64. The van der Waals surface area contributed by atoms with Gasteiger partial charge in [0.2, 0.25) is 5.56 Å². The molecule has 2 aromatic rings. The Labute approximate surface area is 115 Å². The summed E-state index contributed by atoms with van der Waals surface area (Å²) in [7, 11) is 0. The first-order valence-corrected chi connectivity index (χ1v) is 6.63. The zero-order valence-electron chi connectivity index (χ0n) is 11.5. The van der Waals surface area contributed by atoms with E-state index in [0.29, 0.717) is 17.4 Å². The maximum Gasteiger partial charge on any atom is 0.248 e.